The van der Waals surface area contributed by atoms with Gasteiger partial charge < -0.3 is 5.73 Å². The maximum Gasteiger partial charge on any atom is 0.180 e. The van der Waals surface area contributed by atoms with E-state index in [0.29, 0.717) is 5.13 Å². The molecular weight excluding hydrogens is 206 g/mol. The summed E-state index contributed by atoms with van der Waals surface area (Å²) in [6, 6.07) is 0. The largest absolute Gasteiger partial charge is 0.375 e. The Bertz CT molecular complexity index is 311. The molecule has 1 aromatic rings. The molecule has 0 aliphatic carbocycles. The van der Waals surface area contributed by atoms with Gasteiger partial charge in [-0.25, -0.2) is 4.98 Å². The molecule has 4 heteroatoms. The molecular formula is C11H19N3S. The quantitative estimate of drug-likeness (QED) is 0.840. The van der Waals surface area contributed by atoms with Crippen molar-refractivity contribution < 1.29 is 0 Å². The van der Waals surface area contributed by atoms with E-state index in [4.69, 9.17) is 5.73 Å². The normalized spacial score (nSPS) is 23.9. The maximum absolute atomic E-state index is 5.63. The number of nitrogen functional groups attached to an aromatic ring is 1. The Kier molecular flexibility index (Phi) is 3.59. The van der Waals surface area contributed by atoms with Gasteiger partial charge in [-0.2, -0.15) is 0 Å². The summed E-state index contributed by atoms with van der Waals surface area (Å²) < 4.78 is 0. The molecule has 1 saturated heterocycles. The SMILES string of the molecule is CC1CCCN(Cc2cnc(N)s2)CC1. The summed E-state index contributed by atoms with van der Waals surface area (Å²) in [5.74, 6) is 0.890. The summed E-state index contributed by atoms with van der Waals surface area (Å²) in [5.41, 5.74) is 5.63. The van der Waals surface area contributed by atoms with Gasteiger partial charge in [-0.3, -0.25) is 4.90 Å². The van der Waals surface area contributed by atoms with Crippen LogP contribution in [0.3, 0.4) is 0 Å². The third-order valence-corrected chi connectivity index (χ3v) is 3.87. The van der Waals surface area contributed by atoms with Gasteiger partial charge in [0.1, 0.15) is 0 Å². The first-order chi connectivity index (χ1) is 7.24. The molecule has 1 aliphatic heterocycles. The zero-order valence-electron chi connectivity index (χ0n) is 9.28. The van der Waals surface area contributed by atoms with Crippen LogP contribution in [0.4, 0.5) is 5.13 Å². The molecule has 3 nitrogen and oxygen atoms in total. The molecule has 0 bridgehead atoms. The molecule has 1 aromatic heterocycles. The van der Waals surface area contributed by atoms with Crippen LogP contribution in [0.1, 0.15) is 31.1 Å². The Morgan fingerprint density at radius 1 is 1.53 bits per heavy atom. The molecule has 1 aliphatic rings. The molecule has 2 rings (SSSR count). The van der Waals surface area contributed by atoms with Crippen LogP contribution in [-0.2, 0) is 6.54 Å². The minimum atomic E-state index is 0.688. The van der Waals surface area contributed by atoms with E-state index in [-0.39, 0.29) is 0 Å². The second kappa shape index (κ2) is 4.94. The lowest BCUT2D eigenvalue weighted by Gasteiger charge is -2.18. The Morgan fingerprint density at radius 2 is 2.40 bits per heavy atom. The highest BCUT2D eigenvalue weighted by molar-refractivity contribution is 7.15. The number of thiazole rings is 1. The van der Waals surface area contributed by atoms with Crippen molar-refractivity contribution in [3.63, 3.8) is 0 Å². The van der Waals surface area contributed by atoms with E-state index in [1.807, 2.05) is 6.20 Å². The van der Waals surface area contributed by atoms with Gasteiger partial charge in [-0.15, -0.1) is 11.3 Å². The molecule has 84 valence electrons. The van der Waals surface area contributed by atoms with Gasteiger partial charge in [0.15, 0.2) is 5.13 Å². The number of hydrogen-bond donors (Lipinski definition) is 1. The Balaban J connectivity index is 1.88. The van der Waals surface area contributed by atoms with Crippen molar-refractivity contribution in [2.75, 3.05) is 18.8 Å². The van der Waals surface area contributed by atoms with E-state index in [9.17, 15) is 0 Å². The monoisotopic (exact) mass is 225 g/mol. The number of aromatic nitrogens is 1. The average Bonchev–Trinajstić information content (AvgIpc) is 2.48. The molecule has 0 spiro atoms. The van der Waals surface area contributed by atoms with E-state index in [1.54, 1.807) is 11.3 Å². The lowest BCUT2D eigenvalue weighted by atomic mass is 10.0. The smallest absolute Gasteiger partial charge is 0.180 e. The van der Waals surface area contributed by atoms with Crippen LogP contribution >= 0.6 is 11.3 Å². The molecule has 1 fully saturated rings. The Labute approximate surface area is 95.3 Å². The van der Waals surface area contributed by atoms with Gasteiger partial charge in [0.05, 0.1) is 0 Å². The first-order valence-electron chi connectivity index (χ1n) is 5.66. The number of hydrogen-bond acceptors (Lipinski definition) is 4. The lowest BCUT2D eigenvalue weighted by molar-refractivity contribution is 0.276. The molecule has 15 heavy (non-hydrogen) atoms. The van der Waals surface area contributed by atoms with Crippen LogP contribution in [0.2, 0.25) is 0 Å². The molecule has 0 radical (unpaired) electrons. The number of nitrogens with two attached hydrogens (primary N) is 1. The van der Waals surface area contributed by atoms with Crippen molar-refractivity contribution in [2.24, 2.45) is 5.92 Å². The highest BCUT2D eigenvalue weighted by Crippen LogP contribution is 2.21. The van der Waals surface area contributed by atoms with E-state index in [1.165, 1.54) is 37.2 Å². The molecule has 0 aromatic carbocycles. The third kappa shape index (κ3) is 3.18. The van der Waals surface area contributed by atoms with Gasteiger partial charge in [0.25, 0.3) is 0 Å². The molecule has 0 amide bonds. The Morgan fingerprint density at radius 3 is 3.13 bits per heavy atom. The third-order valence-electron chi connectivity index (χ3n) is 3.06. The predicted molar refractivity (Wildman–Crippen MR) is 64.8 cm³/mol. The molecule has 0 saturated carbocycles. The van der Waals surface area contributed by atoms with Crippen LogP contribution in [0.5, 0.6) is 0 Å². The Hall–Kier alpha value is -0.610. The fraction of sp³-hybridized carbons (Fsp3) is 0.727. The minimum Gasteiger partial charge on any atom is -0.375 e. The van der Waals surface area contributed by atoms with Gasteiger partial charge in [0, 0.05) is 17.6 Å². The van der Waals surface area contributed by atoms with Crippen LogP contribution in [0.15, 0.2) is 6.20 Å². The van der Waals surface area contributed by atoms with E-state index in [0.717, 1.165) is 12.5 Å². The van der Waals surface area contributed by atoms with Crippen LogP contribution < -0.4 is 5.73 Å². The van der Waals surface area contributed by atoms with E-state index < -0.39 is 0 Å². The standard InChI is InChI=1S/C11H19N3S/c1-9-3-2-5-14(6-4-9)8-10-7-13-11(12)15-10/h7,9H,2-6,8H2,1H3,(H2,12,13). The summed E-state index contributed by atoms with van der Waals surface area (Å²) in [5, 5.41) is 0.688. The van der Waals surface area contributed by atoms with E-state index in [2.05, 4.69) is 16.8 Å². The lowest BCUT2D eigenvalue weighted by Crippen LogP contribution is -2.23. The van der Waals surface area contributed by atoms with Crippen LogP contribution in [0.25, 0.3) is 0 Å². The minimum absolute atomic E-state index is 0.688. The van der Waals surface area contributed by atoms with Crippen LogP contribution in [-0.4, -0.2) is 23.0 Å². The van der Waals surface area contributed by atoms with E-state index >= 15 is 0 Å². The highest BCUT2D eigenvalue weighted by Gasteiger charge is 2.14. The topological polar surface area (TPSA) is 42.2 Å². The second-order valence-electron chi connectivity index (χ2n) is 4.48. The molecule has 2 heterocycles. The zero-order valence-corrected chi connectivity index (χ0v) is 10.1. The van der Waals surface area contributed by atoms with Gasteiger partial charge in [-0.1, -0.05) is 6.92 Å². The fourth-order valence-electron chi connectivity index (χ4n) is 2.10. The summed E-state index contributed by atoms with van der Waals surface area (Å²) in [6.07, 6.45) is 5.94. The van der Waals surface area contributed by atoms with Gasteiger partial charge in [0.2, 0.25) is 0 Å². The average molecular weight is 225 g/mol. The number of rotatable bonds is 2. The molecule has 1 atom stereocenters. The van der Waals surface area contributed by atoms with Crippen LogP contribution in [0, 0.1) is 5.92 Å². The maximum atomic E-state index is 5.63. The summed E-state index contributed by atoms with van der Waals surface area (Å²) in [4.78, 5) is 7.91. The second-order valence-corrected chi connectivity index (χ2v) is 5.62. The highest BCUT2D eigenvalue weighted by atomic mass is 32.1. The van der Waals surface area contributed by atoms with Crippen molar-refractivity contribution in [2.45, 2.75) is 32.7 Å². The predicted octanol–water partition coefficient (Wildman–Crippen LogP) is 2.35. The first-order valence-corrected chi connectivity index (χ1v) is 6.48. The van der Waals surface area contributed by atoms with Crippen molar-refractivity contribution in [1.82, 2.24) is 9.88 Å². The van der Waals surface area contributed by atoms with Crippen molar-refractivity contribution in [3.05, 3.63) is 11.1 Å². The number of anilines is 1. The number of likely N-dealkylation sites (tertiary alicyclic amines) is 1. The fourth-order valence-corrected chi connectivity index (χ4v) is 2.82. The van der Waals surface area contributed by atoms with Gasteiger partial charge in [-0.05, 0) is 38.3 Å². The number of nitrogens with zero attached hydrogens (tertiary/aromatic N) is 2. The molecule has 2 N–H and O–H groups in total. The zero-order chi connectivity index (χ0) is 10.7. The van der Waals surface area contributed by atoms with Crippen molar-refractivity contribution in [3.8, 4) is 0 Å². The van der Waals surface area contributed by atoms with Gasteiger partial charge >= 0.3 is 0 Å². The summed E-state index contributed by atoms with van der Waals surface area (Å²) in [6.45, 7) is 5.83. The first kappa shape index (κ1) is 10.9. The molecule has 1 unspecified atom stereocenters. The van der Waals surface area contributed by atoms with Crippen molar-refractivity contribution in [1.29, 1.82) is 0 Å². The van der Waals surface area contributed by atoms with Crippen molar-refractivity contribution >= 4 is 16.5 Å². The summed E-state index contributed by atoms with van der Waals surface area (Å²) in [7, 11) is 0. The summed E-state index contributed by atoms with van der Waals surface area (Å²) >= 11 is 1.61.